The summed E-state index contributed by atoms with van der Waals surface area (Å²) in [7, 11) is -1.95. The van der Waals surface area contributed by atoms with E-state index < -0.39 is 10.0 Å². The van der Waals surface area contributed by atoms with Crippen molar-refractivity contribution in [1.82, 2.24) is 25.1 Å². The van der Waals surface area contributed by atoms with Crippen LogP contribution in [0.15, 0.2) is 53.7 Å². The highest BCUT2D eigenvalue weighted by atomic mass is 32.2. The zero-order valence-electron chi connectivity index (χ0n) is 14.9. The minimum Gasteiger partial charge on any atom is -0.352 e. The van der Waals surface area contributed by atoms with E-state index in [1.807, 2.05) is 0 Å². The Morgan fingerprint density at radius 3 is 2.46 bits per heavy atom. The predicted molar refractivity (Wildman–Crippen MR) is 106 cm³/mol. The van der Waals surface area contributed by atoms with E-state index >= 15 is 0 Å². The second kappa shape index (κ2) is 8.31. The van der Waals surface area contributed by atoms with Crippen LogP contribution in [0.2, 0.25) is 0 Å². The number of aromatic amines is 1. The summed E-state index contributed by atoms with van der Waals surface area (Å²) in [5.41, 5.74) is 0.767. The molecular weight excluding hydrogens is 400 g/mol. The molecule has 0 fully saturated rings. The van der Waals surface area contributed by atoms with Gasteiger partial charge in [0.25, 0.3) is 15.9 Å². The Morgan fingerprint density at radius 1 is 1.18 bits per heavy atom. The summed E-state index contributed by atoms with van der Waals surface area (Å²) in [5.74, 6) is 0.428. The molecule has 0 atom stereocenters. The van der Waals surface area contributed by atoms with Gasteiger partial charge in [0.05, 0.1) is 10.6 Å². The van der Waals surface area contributed by atoms with Crippen molar-refractivity contribution in [3.8, 4) is 0 Å². The first-order chi connectivity index (χ1) is 13.4. The minimum absolute atomic E-state index is 0.0578. The number of aromatic nitrogens is 4. The van der Waals surface area contributed by atoms with Gasteiger partial charge in [-0.15, -0.1) is 0 Å². The zero-order valence-corrected chi connectivity index (χ0v) is 16.5. The Balaban J connectivity index is 1.60. The average molecular weight is 419 g/mol. The Hall–Kier alpha value is -3.05. The molecule has 0 aliphatic heterocycles. The van der Waals surface area contributed by atoms with Gasteiger partial charge in [-0.25, -0.2) is 8.42 Å². The largest absolute Gasteiger partial charge is 0.352 e. The van der Waals surface area contributed by atoms with Gasteiger partial charge in [0, 0.05) is 38.0 Å². The number of hydrogen-bond acceptors (Lipinski definition) is 6. The lowest BCUT2D eigenvalue weighted by Gasteiger charge is -2.09. The van der Waals surface area contributed by atoms with Crippen molar-refractivity contribution in [3.05, 3.63) is 65.0 Å². The van der Waals surface area contributed by atoms with Gasteiger partial charge in [0.15, 0.2) is 4.77 Å². The fraction of sp³-hybridized carbons (Fsp3) is 0.176. The lowest BCUT2D eigenvalue weighted by molar-refractivity contribution is 0.0954. The van der Waals surface area contributed by atoms with Crippen molar-refractivity contribution < 1.29 is 13.2 Å². The summed E-state index contributed by atoms with van der Waals surface area (Å²) in [5, 5.41) is 9.53. The summed E-state index contributed by atoms with van der Waals surface area (Å²) in [4.78, 5) is 16.1. The summed E-state index contributed by atoms with van der Waals surface area (Å²) in [6.07, 6.45) is 3.49. The van der Waals surface area contributed by atoms with E-state index in [0.29, 0.717) is 29.0 Å². The molecule has 0 saturated carbocycles. The third kappa shape index (κ3) is 4.61. The van der Waals surface area contributed by atoms with Gasteiger partial charge in [0.1, 0.15) is 5.82 Å². The summed E-state index contributed by atoms with van der Waals surface area (Å²) in [6.45, 7) is 0.371. The van der Waals surface area contributed by atoms with E-state index in [2.05, 4.69) is 25.2 Å². The van der Waals surface area contributed by atoms with Gasteiger partial charge in [-0.2, -0.15) is 5.10 Å². The molecule has 2 aromatic heterocycles. The van der Waals surface area contributed by atoms with Crippen LogP contribution >= 0.6 is 12.2 Å². The number of nitrogens with one attached hydrogen (secondary N) is 3. The first-order valence-corrected chi connectivity index (χ1v) is 10.2. The summed E-state index contributed by atoms with van der Waals surface area (Å²) >= 11 is 5.04. The number of H-pyrrole nitrogens is 1. The van der Waals surface area contributed by atoms with Crippen molar-refractivity contribution in [2.45, 2.75) is 11.3 Å². The normalized spacial score (nSPS) is 11.2. The van der Waals surface area contributed by atoms with Gasteiger partial charge in [0.2, 0.25) is 0 Å². The quantitative estimate of drug-likeness (QED) is 0.502. The Kier molecular flexibility index (Phi) is 5.85. The smallest absolute Gasteiger partial charge is 0.261 e. The SMILES string of the molecule is Cn1c(CCNC(=O)c2ccc(S(=O)(=O)Nc3ccncc3)cc2)n[nH]c1=S. The van der Waals surface area contributed by atoms with Crippen LogP contribution in [0.4, 0.5) is 5.69 Å². The fourth-order valence-corrected chi connectivity index (χ4v) is 3.62. The molecule has 0 spiro atoms. The van der Waals surface area contributed by atoms with Crippen LogP contribution in [0.3, 0.4) is 0 Å². The maximum absolute atomic E-state index is 12.4. The van der Waals surface area contributed by atoms with E-state index in [0.717, 1.165) is 5.82 Å². The van der Waals surface area contributed by atoms with Gasteiger partial charge >= 0.3 is 0 Å². The highest BCUT2D eigenvalue weighted by molar-refractivity contribution is 7.92. The monoisotopic (exact) mass is 418 g/mol. The number of sulfonamides is 1. The number of nitrogens with zero attached hydrogens (tertiary/aromatic N) is 3. The molecule has 3 N–H and O–H groups in total. The number of hydrogen-bond donors (Lipinski definition) is 3. The van der Waals surface area contributed by atoms with Crippen LogP contribution in [0.25, 0.3) is 0 Å². The average Bonchev–Trinajstić information content (AvgIpc) is 3.01. The number of carbonyl (C=O) groups excluding carboxylic acids is 1. The number of amides is 1. The second-order valence-electron chi connectivity index (χ2n) is 5.88. The third-order valence-corrected chi connectivity index (χ3v) is 5.73. The standard InChI is InChI=1S/C17H18N6O3S2/c1-23-15(20-21-17(23)27)8-11-19-16(24)12-2-4-14(5-3-12)28(25,26)22-13-6-9-18-10-7-13/h2-7,9-10H,8,11H2,1H3,(H,18,22)(H,19,24)(H,21,27). The van der Waals surface area contributed by atoms with Gasteiger partial charge < -0.3 is 9.88 Å². The van der Waals surface area contributed by atoms with Crippen molar-refractivity contribution in [2.75, 3.05) is 11.3 Å². The number of pyridine rings is 1. The van der Waals surface area contributed by atoms with Crippen molar-refractivity contribution in [2.24, 2.45) is 7.05 Å². The molecule has 0 saturated heterocycles. The first kappa shape index (κ1) is 19.7. The second-order valence-corrected chi connectivity index (χ2v) is 7.94. The topological polar surface area (TPSA) is 122 Å². The molecule has 1 amide bonds. The predicted octanol–water partition coefficient (Wildman–Crippen LogP) is 1.65. The van der Waals surface area contributed by atoms with Crippen molar-refractivity contribution in [3.63, 3.8) is 0 Å². The lowest BCUT2D eigenvalue weighted by Crippen LogP contribution is -2.26. The van der Waals surface area contributed by atoms with Crippen molar-refractivity contribution >= 4 is 33.8 Å². The fourth-order valence-electron chi connectivity index (χ4n) is 2.41. The molecule has 0 aliphatic carbocycles. The van der Waals surface area contributed by atoms with Crippen LogP contribution in [-0.2, 0) is 23.5 Å². The molecule has 3 rings (SSSR count). The number of anilines is 1. The zero-order chi connectivity index (χ0) is 20.1. The Morgan fingerprint density at radius 2 is 1.86 bits per heavy atom. The van der Waals surface area contributed by atoms with Crippen molar-refractivity contribution in [1.29, 1.82) is 0 Å². The van der Waals surface area contributed by atoms with E-state index in [1.54, 1.807) is 23.7 Å². The van der Waals surface area contributed by atoms with Crippen LogP contribution in [0.5, 0.6) is 0 Å². The molecule has 0 unspecified atom stereocenters. The van der Waals surface area contributed by atoms with Crippen LogP contribution in [0, 0.1) is 4.77 Å². The number of benzene rings is 1. The maximum atomic E-state index is 12.4. The third-order valence-electron chi connectivity index (χ3n) is 3.97. The molecule has 0 radical (unpaired) electrons. The minimum atomic E-state index is -3.75. The molecule has 3 aromatic rings. The van der Waals surface area contributed by atoms with E-state index in [9.17, 15) is 13.2 Å². The van der Waals surface area contributed by atoms with E-state index in [-0.39, 0.29) is 10.8 Å². The molecule has 0 bridgehead atoms. The highest BCUT2D eigenvalue weighted by Gasteiger charge is 2.15. The molecule has 0 aliphatic rings. The number of carbonyl (C=O) groups is 1. The molecule has 1 aromatic carbocycles. The lowest BCUT2D eigenvalue weighted by atomic mass is 10.2. The molecule has 11 heteroatoms. The molecular formula is C17H18N6O3S2. The van der Waals surface area contributed by atoms with Gasteiger partial charge in [-0.1, -0.05) is 0 Å². The highest BCUT2D eigenvalue weighted by Crippen LogP contribution is 2.16. The first-order valence-electron chi connectivity index (χ1n) is 8.28. The van der Waals surface area contributed by atoms with Crippen LogP contribution in [-0.4, -0.2) is 40.6 Å². The summed E-state index contributed by atoms with van der Waals surface area (Å²) < 4.78 is 29.5. The van der Waals surface area contributed by atoms with E-state index in [1.165, 1.54) is 36.7 Å². The molecule has 146 valence electrons. The molecule has 2 heterocycles. The maximum Gasteiger partial charge on any atom is 0.261 e. The van der Waals surface area contributed by atoms with Crippen LogP contribution < -0.4 is 10.0 Å². The Bertz CT molecular complexity index is 1120. The number of rotatable bonds is 7. The Labute approximate surface area is 166 Å². The van der Waals surface area contributed by atoms with Gasteiger partial charge in [-0.3, -0.25) is 19.6 Å². The van der Waals surface area contributed by atoms with Gasteiger partial charge in [-0.05, 0) is 48.6 Å². The molecule has 28 heavy (non-hydrogen) atoms. The van der Waals surface area contributed by atoms with E-state index in [4.69, 9.17) is 12.2 Å². The van der Waals surface area contributed by atoms with Crippen LogP contribution in [0.1, 0.15) is 16.2 Å². The summed E-state index contributed by atoms with van der Waals surface area (Å²) in [6, 6.07) is 8.80. The molecule has 9 nitrogen and oxygen atoms in total.